The first-order chi connectivity index (χ1) is 14.1. The summed E-state index contributed by atoms with van der Waals surface area (Å²) in [7, 11) is 0. The highest BCUT2D eigenvalue weighted by atomic mass is 35.5. The lowest BCUT2D eigenvalue weighted by atomic mass is 9.97. The highest BCUT2D eigenvalue weighted by Gasteiger charge is 2.23. The van der Waals surface area contributed by atoms with Crippen LogP contribution in [0.4, 0.5) is 0 Å². The zero-order chi connectivity index (χ0) is 20.0. The van der Waals surface area contributed by atoms with E-state index in [-0.39, 0.29) is 5.69 Å². The van der Waals surface area contributed by atoms with E-state index >= 15 is 0 Å². The molecule has 0 atom stereocenters. The van der Waals surface area contributed by atoms with Crippen LogP contribution in [0.3, 0.4) is 0 Å². The van der Waals surface area contributed by atoms with Crippen LogP contribution >= 0.6 is 23.2 Å². The molecule has 1 aliphatic carbocycles. The summed E-state index contributed by atoms with van der Waals surface area (Å²) in [5, 5.41) is 10.4. The molecule has 5 rings (SSSR count). The number of benzene rings is 2. The van der Waals surface area contributed by atoms with Gasteiger partial charge in [-0.2, -0.15) is 9.61 Å². The number of aryl methyl sites for hydroxylation is 1. The molecular formula is C22H18Cl2N4O. The van der Waals surface area contributed by atoms with Gasteiger partial charge >= 0.3 is 5.69 Å². The fourth-order valence-corrected chi connectivity index (χ4v) is 3.82. The van der Waals surface area contributed by atoms with Gasteiger partial charge in [0.2, 0.25) is 0 Å². The fourth-order valence-electron chi connectivity index (χ4n) is 3.57. The molecule has 0 saturated heterocycles. The Morgan fingerprint density at radius 3 is 2.17 bits per heavy atom. The van der Waals surface area contributed by atoms with Crippen molar-refractivity contribution in [3.63, 3.8) is 0 Å². The van der Waals surface area contributed by atoms with E-state index in [1.807, 2.05) is 48.5 Å². The number of rotatable bonds is 5. The zero-order valence-electron chi connectivity index (χ0n) is 15.6. The van der Waals surface area contributed by atoms with Crippen molar-refractivity contribution in [1.29, 1.82) is 0 Å². The van der Waals surface area contributed by atoms with Gasteiger partial charge in [-0.15, -0.1) is 5.10 Å². The van der Waals surface area contributed by atoms with Crippen LogP contribution in [0.5, 0.6) is 0 Å². The van der Waals surface area contributed by atoms with Crippen LogP contribution in [0.25, 0.3) is 27.9 Å². The Bertz CT molecular complexity index is 1240. The molecule has 4 aromatic rings. The van der Waals surface area contributed by atoms with Crippen molar-refractivity contribution in [3.05, 3.63) is 75.3 Å². The van der Waals surface area contributed by atoms with Gasteiger partial charge in [0.15, 0.2) is 5.65 Å². The minimum Gasteiger partial charge on any atom is -0.244 e. The van der Waals surface area contributed by atoms with E-state index < -0.39 is 0 Å². The van der Waals surface area contributed by atoms with Crippen LogP contribution in [-0.4, -0.2) is 19.4 Å². The molecule has 7 heteroatoms. The average molecular weight is 425 g/mol. The minimum atomic E-state index is -0.210. The molecule has 5 nitrogen and oxygen atoms in total. The molecule has 1 aliphatic rings. The summed E-state index contributed by atoms with van der Waals surface area (Å²) >= 11 is 12.2. The molecule has 1 fully saturated rings. The van der Waals surface area contributed by atoms with Gasteiger partial charge in [-0.3, -0.25) is 0 Å². The van der Waals surface area contributed by atoms with Crippen LogP contribution < -0.4 is 5.69 Å². The maximum Gasteiger partial charge on any atom is 0.367 e. The molecule has 2 aromatic carbocycles. The van der Waals surface area contributed by atoms with Gasteiger partial charge in [-0.25, -0.2) is 9.48 Å². The first-order valence-electron chi connectivity index (χ1n) is 9.61. The third-order valence-corrected chi connectivity index (χ3v) is 5.85. The Labute approximate surface area is 177 Å². The van der Waals surface area contributed by atoms with Gasteiger partial charge < -0.3 is 0 Å². The SMILES string of the molecule is O=c1n(CCC2CC2)nc2c(-c3ccc(Cl)cc3)c(-c3ccc(Cl)cc3)cnn12. The van der Waals surface area contributed by atoms with E-state index in [2.05, 4.69) is 10.2 Å². The molecule has 0 bridgehead atoms. The van der Waals surface area contributed by atoms with E-state index in [1.165, 1.54) is 22.0 Å². The second-order valence-electron chi connectivity index (χ2n) is 7.42. The molecule has 0 aliphatic heterocycles. The Balaban J connectivity index is 1.73. The molecule has 0 unspecified atom stereocenters. The monoisotopic (exact) mass is 424 g/mol. The van der Waals surface area contributed by atoms with Crippen LogP contribution in [-0.2, 0) is 6.54 Å². The molecule has 0 radical (unpaired) electrons. The Morgan fingerprint density at radius 1 is 0.931 bits per heavy atom. The Hall–Kier alpha value is -2.63. The smallest absolute Gasteiger partial charge is 0.244 e. The summed E-state index contributed by atoms with van der Waals surface area (Å²) in [4.78, 5) is 12.9. The van der Waals surface area contributed by atoms with Crippen LogP contribution in [0.1, 0.15) is 19.3 Å². The molecule has 2 heterocycles. The van der Waals surface area contributed by atoms with Gasteiger partial charge in [-0.1, -0.05) is 60.3 Å². The standard InChI is InChI=1S/C22H18Cl2N4O/c23-17-7-3-15(4-8-17)19-13-25-28-21(20(19)16-5-9-18(24)10-6-16)26-27(22(28)29)12-11-14-1-2-14/h3-10,13-14H,1-2,11-12H2. The van der Waals surface area contributed by atoms with Gasteiger partial charge in [0.1, 0.15) is 0 Å². The topological polar surface area (TPSA) is 52.2 Å². The number of halogens is 2. The molecule has 2 aromatic heterocycles. The maximum absolute atomic E-state index is 12.9. The van der Waals surface area contributed by atoms with Gasteiger partial charge in [0, 0.05) is 27.7 Å². The number of hydrogen-bond acceptors (Lipinski definition) is 3. The van der Waals surface area contributed by atoms with Crippen molar-refractivity contribution in [2.24, 2.45) is 5.92 Å². The van der Waals surface area contributed by atoms with Gasteiger partial charge in [0.25, 0.3) is 0 Å². The maximum atomic E-state index is 12.9. The highest BCUT2D eigenvalue weighted by Crippen LogP contribution is 2.35. The summed E-state index contributed by atoms with van der Waals surface area (Å²) < 4.78 is 2.92. The van der Waals surface area contributed by atoms with Crippen molar-refractivity contribution in [1.82, 2.24) is 19.4 Å². The summed E-state index contributed by atoms with van der Waals surface area (Å²) in [6.07, 6.45) is 5.19. The predicted molar refractivity (Wildman–Crippen MR) is 115 cm³/mol. The summed E-state index contributed by atoms with van der Waals surface area (Å²) in [5.41, 5.74) is 3.94. The average Bonchev–Trinajstić information content (AvgIpc) is 3.51. The molecule has 0 spiro atoms. The zero-order valence-corrected chi connectivity index (χ0v) is 17.1. The van der Waals surface area contributed by atoms with Gasteiger partial charge in [0.05, 0.1) is 6.20 Å². The summed E-state index contributed by atoms with van der Waals surface area (Å²) in [5.74, 6) is 0.722. The first kappa shape index (κ1) is 18.4. The quantitative estimate of drug-likeness (QED) is 0.434. The molecule has 146 valence electrons. The molecular weight excluding hydrogens is 407 g/mol. The highest BCUT2D eigenvalue weighted by molar-refractivity contribution is 6.31. The molecule has 29 heavy (non-hydrogen) atoms. The van der Waals surface area contributed by atoms with Crippen molar-refractivity contribution >= 4 is 28.8 Å². The van der Waals surface area contributed by atoms with E-state index in [0.29, 0.717) is 22.2 Å². The van der Waals surface area contributed by atoms with E-state index in [9.17, 15) is 4.79 Å². The van der Waals surface area contributed by atoms with Gasteiger partial charge in [-0.05, 0) is 47.7 Å². The van der Waals surface area contributed by atoms with Crippen molar-refractivity contribution in [2.45, 2.75) is 25.8 Å². The lowest BCUT2D eigenvalue weighted by Gasteiger charge is -2.11. The van der Waals surface area contributed by atoms with E-state index in [4.69, 9.17) is 23.2 Å². The number of aromatic nitrogens is 4. The minimum absolute atomic E-state index is 0.210. The lowest BCUT2D eigenvalue weighted by molar-refractivity contribution is 0.529. The second kappa shape index (κ2) is 7.32. The fraction of sp³-hybridized carbons (Fsp3) is 0.227. The molecule has 0 N–H and O–H groups in total. The largest absolute Gasteiger partial charge is 0.367 e. The van der Waals surface area contributed by atoms with Crippen molar-refractivity contribution in [2.75, 3.05) is 0 Å². The number of nitrogens with zero attached hydrogens (tertiary/aromatic N) is 4. The Kier molecular flexibility index (Phi) is 4.64. The van der Waals surface area contributed by atoms with E-state index in [0.717, 1.165) is 34.6 Å². The Morgan fingerprint density at radius 2 is 1.55 bits per heavy atom. The third-order valence-electron chi connectivity index (χ3n) is 5.35. The summed E-state index contributed by atoms with van der Waals surface area (Å²) in [6, 6.07) is 15.1. The second-order valence-corrected chi connectivity index (χ2v) is 8.29. The van der Waals surface area contributed by atoms with Crippen LogP contribution in [0, 0.1) is 5.92 Å². The van der Waals surface area contributed by atoms with Crippen LogP contribution in [0.15, 0.2) is 59.5 Å². The lowest BCUT2D eigenvalue weighted by Crippen LogP contribution is -2.22. The van der Waals surface area contributed by atoms with E-state index in [1.54, 1.807) is 6.20 Å². The molecule has 0 amide bonds. The predicted octanol–water partition coefficient (Wildman–Crippen LogP) is 5.33. The van der Waals surface area contributed by atoms with Crippen molar-refractivity contribution in [3.8, 4) is 22.3 Å². The molecule has 1 saturated carbocycles. The number of fused-ring (bicyclic) bond motifs is 1. The van der Waals surface area contributed by atoms with Crippen molar-refractivity contribution < 1.29 is 0 Å². The first-order valence-corrected chi connectivity index (χ1v) is 10.4. The summed E-state index contributed by atoms with van der Waals surface area (Å²) in [6.45, 7) is 0.614. The third kappa shape index (κ3) is 3.56. The number of hydrogen-bond donors (Lipinski definition) is 0. The van der Waals surface area contributed by atoms with Crippen LogP contribution in [0.2, 0.25) is 10.0 Å². The normalized spacial score (nSPS) is 13.9.